The molecule has 7 nitrogen and oxygen atoms in total. The van der Waals surface area contributed by atoms with Gasteiger partial charge in [0.25, 0.3) is 0 Å². The lowest BCUT2D eigenvalue weighted by Gasteiger charge is -2.40. The van der Waals surface area contributed by atoms with Gasteiger partial charge in [-0.25, -0.2) is 0 Å². The Morgan fingerprint density at radius 1 is 1.00 bits per heavy atom. The SMILES string of the molecule is CCCCCCCCNC(=S)N[C@H]1O[C@H](CO)[C@@H](O)[C@H](O)[C@@H]1O. The van der Waals surface area contributed by atoms with E-state index in [1.807, 2.05) is 0 Å². The maximum absolute atomic E-state index is 9.90. The lowest BCUT2D eigenvalue weighted by molar-refractivity contribution is -0.232. The maximum Gasteiger partial charge on any atom is 0.168 e. The largest absolute Gasteiger partial charge is 0.394 e. The molecule has 1 fully saturated rings. The molecule has 1 aliphatic heterocycles. The van der Waals surface area contributed by atoms with Crippen LogP contribution in [0, 0.1) is 0 Å². The summed E-state index contributed by atoms with van der Waals surface area (Å²) in [4.78, 5) is 0. The van der Waals surface area contributed by atoms with Crippen LogP contribution in [-0.2, 0) is 4.74 Å². The molecule has 0 bridgehead atoms. The van der Waals surface area contributed by atoms with Crippen LogP contribution in [-0.4, -0.2) is 69.3 Å². The first-order chi connectivity index (χ1) is 11.0. The molecule has 0 spiro atoms. The molecule has 0 aromatic heterocycles. The van der Waals surface area contributed by atoms with Crippen LogP contribution >= 0.6 is 12.2 Å². The van der Waals surface area contributed by atoms with E-state index in [0.717, 1.165) is 19.4 Å². The van der Waals surface area contributed by atoms with Gasteiger partial charge in [0, 0.05) is 6.54 Å². The van der Waals surface area contributed by atoms with Gasteiger partial charge in [-0.3, -0.25) is 0 Å². The smallest absolute Gasteiger partial charge is 0.168 e. The minimum absolute atomic E-state index is 0.308. The van der Waals surface area contributed by atoms with Crippen molar-refractivity contribution in [2.24, 2.45) is 0 Å². The second-order valence-corrected chi connectivity index (χ2v) is 6.33. The van der Waals surface area contributed by atoms with Crippen molar-refractivity contribution < 1.29 is 25.2 Å². The lowest BCUT2D eigenvalue weighted by Crippen LogP contribution is -2.64. The number of thiocarbonyl (C=S) groups is 1. The van der Waals surface area contributed by atoms with Crippen LogP contribution in [0.15, 0.2) is 0 Å². The quantitative estimate of drug-likeness (QED) is 0.246. The Labute approximate surface area is 143 Å². The summed E-state index contributed by atoms with van der Waals surface area (Å²) in [5, 5.41) is 44.5. The topological polar surface area (TPSA) is 114 Å². The van der Waals surface area contributed by atoms with Crippen LogP contribution in [0.4, 0.5) is 0 Å². The van der Waals surface area contributed by atoms with Crippen molar-refractivity contribution in [1.82, 2.24) is 10.6 Å². The number of aliphatic hydroxyl groups is 4. The molecule has 0 saturated carbocycles. The van der Waals surface area contributed by atoms with Gasteiger partial charge in [-0.15, -0.1) is 0 Å². The summed E-state index contributed by atoms with van der Waals surface area (Å²) in [6, 6.07) is 0. The van der Waals surface area contributed by atoms with Crippen LogP contribution in [0.2, 0.25) is 0 Å². The van der Waals surface area contributed by atoms with Gasteiger partial charge in [-0.05, 0) is 18.6 Å². The van der Waals surface area contributed by atoms with E-state index in [2.05, 4.69) is 17.6 Å². The molecule has 0 radical (unpaired) electrons. The van der Waals surface area contributed by atoms with Crippen LogP contribution in [0.3, 0.4) is 0 Å². The molecule has 0 aromatic rings. The zero-order valence-corrected chi connectivity index (χ0v) is 14.5. The van der Waals surface area contributed by atoms with E-state index >= 15 is 0 Å². The summed E-state index contributed by atoms with van der Waals surface area (Å²) in [5.74, 6) is 0. The first kappa shape index (κ1) is 20.5. The van der Waals surface area contributed by atoms with E-state index in [4.69, 9.17) is 22.1 Å². The number of hydrogen-bond donors (Lipinski definition) is 6. The number of nitrogens with one attached hydrogen (secondary N) is 2. The van der Waals surface area contributed by atoms with Crippen molar-refractivity contribution in [2.45, 2.75) is 76.1 Å². The third-order valence-electron chi connectivity index (χ3n) is 3.98. The van der Waals surface area contributed by atoms with Crippen molar-refractivity contribution in [3.63, 3.8) is 0 Å². The fraction of sp³-hybridized carbons (Fsp3) is 0.933. The van der Waals surface area contributed by atoms with Crippen molar-refractivity contribution in [3.8, 4) is 0 Å². The van der Waals surface area contributed by atoms with E-state index in [1.54, 1.807) is 0 Å². The molecule has 23 heavy (non-hydrogen) atoms. The van der Waals surface area contributed by atoms with Gasteiger partial charge >= 0.3 is 0 Å². The fourth-order valence-corrected chi connectivity index (χ4v) is 2.73. The van der Waals surface area contributed by atoms with E-state index in [1.165, 1.54) is 25.7 Å². The Morgan fingerprint density at radius 3 is 2.30 bits per heavy atom. The third-order valence-corrected chi connectivity index (χ3v) is 4.24. The molecule has 0 amide bonds. The monoisotopic (exact) mass is 350 g/mol. The molecular weight excluding hydrogens is 320 g/mol. The van der Waals surface area contributed by atoms with E-state index in [0.29, 0.717) is 5.11 Å². The standard InChI is InChI=1S/C15H30N2O5S/c1-2-3-4-5-6-7-8-16-15(23)17-14-13(21)12(20)11(19)10(9-18)22-14/h10-14,18-21H,2-9H2,1H3,(H2,16,17,23)/t10-,11-,12+,13+,14+/m1/s1. The predicted molar refractivity (Wildman–Crippen MR) is 90.9 cm³/mol. The highest BCUT2D eigenvalue weighted by molar-refractivity contribution is 7.80. The van der Waals surface area contributed by atoms with Crippen molar-refractivity contribution in [1.29, 1.82) is 0 Å². The summed E-state index contributed by atoms with van der Waals surface area (Å²) in [6.45, 7) is 2.45. The molecule has 136 valence electrons. The van der Waals surface area contributed by atoms with Gasteiger partial charge < -0.3 is 35.8 Å². The first-order valence-corrected chi connectivity index (χ1v) is 8.77. The Kier molecular flexibility index (Phi) is 9.92. The molecule has 0 aliphatic carbocycles. The highest BCUT2D eigenvalue weighted by Crippen LogP contribution is 2.19. The van der Waals surface area contributed by atoms with Crippen molar-refractivity contribution in [3.05, 3.63) is 0 Å². The van der Waals surface area contributed by atoms with Gasteiger partial charge in [0.2, 0.25) is 0 Å². The zero-order valence-electron chi connectivity index (χ0n) is 13.6. The molecule has 6 N–H and O–H groups in total. The van der Waals surface area contributed by atoms with Gasteiger partial charge in [-0.1, -0.05) is 39.0 Å². The molecule has 5 atom stereocenters. The normalized spacial score (nSPS) is 30.9. The second kappa shape index (κ2) is 11.1. The molecule has 1 aliphatic rings. The molecule has 1 heterocycles. The Hall–Kier alpha value is -0.510. The van der Waals surface area contributed by atoms with Gasteiger partial charge in [0.1, 0.15) is 24.4 Å². The summed E-state index contributed by atoms with van der Waals surface area (Å²) in [5.41, 5.74) is 0. The molecule has 1 rings (SSSR count). The molecule has 1 saturated heterocycles. The summed E-state index contributed by atoms with van der Waals surface area (Å²) >= 11 is 5.13. The summed E-state index contributed by atoms with van der Waals surface area (Å²) < 4.78 is 5.32. The zero-order chi connectivity index (χ0) is 17.2. The van der Waals surface area contributed by atoms with Crippen molar-refractivity contribution in [2.75, 3.05) is 13.2 Å². The average Bonchev–Trinajstić information content (AvgIpc) is 2.54. The number of hydrogen-bond acceptors (Lipinski definition) is 6. The summed E-state index contributed by atoms with van der Waals surface area (Å²) in [7, 11) is 0. The molecule has 8 heteroatoms. The minimum Gasteiger partial charge on any atom is -0.394 e. The Balaban J connectivity index is 2.25. The minimum atomic E-state index is -1.40. The van der Waals surface area contributed by atoms with Crippen LogP contribution in [0.25, 0.3) is 0 Å². The second-order valence-electron chi connectivity index (χ2n) is 5.92. The fourth-order valence-electron chi connectivity index (χ4n) is 2.51. The Bertz CT molecular complexity index is 346. The van der Waals surface area contributed by atoms with E-state index in [9.17, 15) is 15.3 Å². The van der Waals surface area contributed by atoms with Crippen LogP contribution in [0.1, 0.15) is 45.4 Å². The van der Waals surface area contributed by atoms with Crippen molar-refractivity contribution >= 4 is 17.3 Å². The highest BCUT2D eigenvalue weighted by Gasteiger charge is 2.43. The Morgan fingerprint density at radius 2 is 1.65 bits per heavy atom. The van der Waals surface area contributed by atoms with Crippen LogP contribution < -0.4 is 10.6 Å². The summed E-state index contributed by atoms with van der Waals surface area (Å²) in [6.07, 6.45) is 1.08. The molecule has 0 unspecified atom stereocenters. The molecule has 0 aromatic carbocycles. The average molecular weight is 350 g/mol. The molecular formula is C15H30N2O5S. The van der Waals surface area contributed by atoms with E-state index < -0.39 is 37.3 Å². The van der Waals surface area contributed by atoms with Gasteiger partial charge in [-0.2, -0.15) is 0 Å². The number of aliphatic hydroxyl groups excluding tert-OH is 4. The van der Waals surface area contributed by atoms with Gasteiger partial charge in [0.05, 0.1) is 6.61 Å². The first-order valence-electron chi connectivity index (χ1n) is 8.36. The number of ether oxygens (including phenoxy) is 1. The lowest BCUT2D eigenvalue weighted by atomic mass is 9.98. The highest BCUT2D eigenvalue weighted by atomic mass is 32.1. The van der Waals surface area contributed by atoms with Gasteiger partial charge in [0.15, 0.2) is 11.3 Å². The maximum atomic E-state index is 9.90. The third kappa shape index (κ3) is 6.86. The van der Waals surface area contributed by atoms with Crippen LogP contribution in [0.5, 0.6) is 0 Å². The van der Waals surface area contributed by atoms with E-state index in [-0.39, 0.29) is 0 Å². The number of unbranched alkanes of at least 4 members (excludes halogenated alkanes) is 5. The predicted octanol–water partition coefficient (Wildman–Crippen LogP) is -0.389. The number of rotatable bonds is 9.